The van der Waals surface area contributed by atoms with Gasteiger partial charge < -0.3 is 21.5 Å². The lowest BCUT2D eigenvalue weighted by Crippen LogP contribution is -2.17. The molecule has 0 saturated carbocycles. The van der Waals surface area contributed by atoms with Crippen molar-refractivity contribution in [2.75, 3.05) is 24.2 Å². The fourth-order valence-corrected chi connectivity index (χ4v) is 1.01. The Morgan fingerprint density at radius 1 is 1.41 bits per heavy atom. The van der Waals surface area contributed by atoms with Gasteiger partial charge >= 0.3 is 6.01 Å². The minimum atomic E-state index is -0.401. The number of aromatic nitrogens is 3. The second kappa shape index (κ2) is 6.46. The van der Waals surface area contributed by atoms with Gasteiger partial charge in [-0.1, -0.05) is 6.92 Å². The van der Waals surface area contributed by atoms with Crippen LogP contribution in [0.3, 0.4) is 0 Å². The summed E-state index contributed by atoms with van der Waals surface area (Å²) in [7, 11) is 0. The van der Waals surface area contributed by atoms with Crippen LogP contribution in [0.4, 0.5) is 11.9 Å². The lowest BCUT2D eigenvalue weighted by Gasteiger charge is -2.06. The van der Waals surface area contributed by atoms with E-state index in [0.29, 0.717) is 13.2 Å². The average molecular weight is 240 g/mol. The molecule has 0 atom stereocenters. The van der Waals surface area contributed by atoms with E-state index in [2.05, 4.69) is 20.3 Å². The number of hydrogen-bond acceptors (Lipinski definition) is 7. The Morgan fingerprint density at radius 3 is 2.82 bits per heavy atom. The fraction of sp³-hybridized carbons (Fsp3) is 0.556. The smallest absolute Gasteiger partial charge is 0.323 e. The fourth-order valence-electron chi connectivity index (χ4n) is 1.01. The molecule has 1 heterocycles. The lowest BCUT2D eigenvalue weighted by molar-refractivity contribution is -0.117. The van der Waals surface area contributed by atoms with Gasteiger partial charge in [0, 0.05) is 13.0 Å². The molecule has 0 aliphatic carbocycles. The maximum absolute atomic E-state index is 10.5. The quantitative estimate of drug-likeness (QED) is 0.587. The zero-order valence-electron chi connectivity index (χ0n) is 9.64. The van der Waals surface area contributed by atoms with Crippen molar-refractivity contribution in [3.63, 3.8) is 0 Å². The second-order valence-electron chi connectivity index (χ2n) is 3.29. The molecule has 0 unspecified atom stereocenters. The number of ether oxygens (including phenoxy) is 1. The number of rotatable bonds is 7. The van der Waals surface area contributed by atoms with E-state index in [9.17, 15) is 4.79 Å². The molecule has 0 aliphatic heterocycles. The molecule has 17 heavy (non-hydrogen) atoms. The predicted molar refractivity (Wildman–Crippen MR) is 62.3 cm³/mol. The third-order valence-electron chi connectivity index (χ3n) is 1.72. The summed E-state index contributed by atoms with van der Waals surface area (Å²) in [4.78, 5) is 22.2. The zero-order chi connectivity index (χ0) is 12.7. The number of hydrogen-bond donors (Lipinski definition) is 3. The summed E-state index contributed by atoms with van der Waals surface area (Å²) in [5.41, 5.74) is 10.5. The van der Waals surface area contributed by atoms with Crippen molar-refractivity contribution in [2.24, 2.45) is 5.73 Å². The summed E-state index contributed by atoms with van der Waals surface area (Å²) in [6.07, 6.45) is 1.03. The highest BCUT2D eigenvalue weighted by atomic mass is 16.5. The van der Waals surface area contributed by atoms with Gasteiger partial charge in [-0.2, -0.15) is 15.0 Å². The first-order chi connectivity index (χ1) is 8.11. The summed E-state index contributed by atoms with van der Waals surface area (Å²) < 4.78 is 5.23. The van der Waals surface area contributed by atoms with E-state index in [1.54, 1.807) is 0 Å². The number of amides is 1. The Morgan fingerprint density at radius 2 is 2.18 bits per heavy atom. The Kier molecular flexibility index (Phi) is 4.92. The minimum Gasteiger partial charge on any atom is -0.463 e. The van der Waals surface area contributed by atoms with Crippen molar-refractivity contribution in [3.8, 4) is 6.01 Å². The van der Waals surface area contributed by atoms with Crippen LogP contribution in [-0.2, 0) is 4.79 Å². The molecule has 0 saturated heterocycles. The number of nitrogens with two attached hydrogens (primary N) is 2. The van der Waals surface area contributed by atoms with Crippen LogP contribution in [0.25, 0.3) is 0 Å². The van der Waals surface area contributed by atoms with Gasteiger partial charge in [-0.25, -0.2) is 0 Å². The summed E-state index contributed by atoms with van der Waals surface area (Å²) in [6.45, 7) is 2.81. The molecule has 1 aromatic rings. The van der Waals surface area contributed by atoms with E-state index in [0.717, 1.165) is 6.42 Å². The number of anilines is 2. The maximum atomic E-state index is 10.5. The molecule has 0 aromatic carbocycles. The summed E-state index contributed by atoms with van der Waals surface area (Å²) in [5.74, 6) is -0.0699. The van der Waals surface area contributed by atoms with Crippen LogP contribution in [0.5, 0.6) is 6.01 Å². The van der Waals surface area contributed by atoms with Gasteiger partial charge in [0.1, 0.15) is 0 Å². The number of nitrogens with one attached hydrogen (secondary N) is 1. The standard InChI is InChI=1S/C9H16N6O2/c1-2-5-17-9-14-7(11)13-8(15-9)12-4-3-6(10)16/h2-5H2,1H3,(H2,10,16)(H3,11,12,13,14,15). The molecule has 0 bridgehead atoms. The van der Waals surface area contributed by atoms with Crippen LogP contribution < -0.4 is 21.5 Å². The van der Waals surface area contributed by atoms with Gasteiger partial charge in [0.05, 0.1) is 6.61 Å². The van der Waals surface area contributed by atoms with Crippen LogP contribution in [0, 0.1) is 0 Å². The maximum Gasteiger partial charge on any atom is 0.323 e. The van der Waals surface area contributed by atoms with E-state index in [1.165, 1.54) is 0 Å². The molecule has 0 aliphatic rings. The molecule has 0 fully saturated rings. The molecule has 0 radical (unpaired) electrons. The molecule has 8 nitrogen and oxygen atoms in total. The monoisotopic (exact) mass is 240 g/mol. The van der Waals surface area contributed by atoms with Crippen molar-refractivity contribution in [3.05, 3.63) is 0 Å². The Labute approximate surface area is 98.8 Å². The first kappa shape index (κ1) is 12.9. The Balaban J connectivity index is 2.58. The Bertz CT molecular complexity index is 384. The number of primary amides is 1. The molecule has 0 spiro atoms. The second-order valence-corrected chi connectivity index (χ2v) is 3.29. The third kappa shape index (κ3) is 4.96. The first-order valence-electron chi connectivity index (χ1n) is 5.28. The zero-order valence-corrected chi connectivity index (χ0v) is 9.64. The van der Waals surface area contributed by atoms with Crippen molar-refractivity contribution in [1.29, 1.82) is 0 Å². The molecule has 1 amide bonds. The average Bonchev–Trinajstić information content (AvgIpc) is 2.25. The first-order valence-corrected chi connectivity index (χ1v) is 5.28. The van der Waals surface area contributed by atoms with Crippen molar-refractivity contribution in [1.82, 2.24) is 15.0 Å². The van der Waals surface area contributed by atoms with Crippen molar-refractivity contribution in [2.45, 2.75) is 19.8 Å². The number of carbonyl (C=O) groups excluding carboxylic acids is 1. The molecule has 5 N–H and O–H groups in total. The van der Waals surface area contributed by atoms with E-state index >= 15 is 0 Å². The van der Waals surface area contributed by atoms with Crippen molar-refractivity contribution >= 4 is 17.8 Å². The topological polar surface area (TPSA) is 129 Å². The van der Waals surface area contributed by atoms with Crippen LogP contribution in [0.2, 0.25) is 0 Å². The SMILES string of the molecule is CCCOc1nc(N)nc(NCCC(N)=O)n1. The molecule has 1 rings (SSSR count). The van der Waals surface area contributed by atoms with Gasteiger partial charge in [0.25, 0.3) is 0 Å². The minimum absolute atomic E-state index is 0.0627. The van der Waals surface area contributed by atoms with Gasteiger partial charge in [-0.15, -0.1) is 0 Å². The number of nitrogens with zero attached hydrogens (tertiary/aromatic N) is 3. The largest absolute Gasteiger partial charge is 0.463 e. The predicted octanol–water partition coefficient (Wildman–Crippen LogP) is -0.470. The van der Waals surface area contributed by atoms with Crippen LogP contribution >= 0.6 is 0 Å². The van der Waals surface area contributed by atoms with Crippen molar-refractivity contribution < 1.29 is 9.53 Å². The molecule has 1 aromatic heterocycles. The Hall–Kier alpha value is -2.12. The summed E-state index contributed by atoms with van der Waals surface area (Å²) >= 11 is 0. The van der Waals surface area contributed by atoms with E-state index in [-0.39, 0.29) is 24.3 Å². The number of carbonyl (C=O) groups is 1. The summed E-state index contributed by atoms with van der Waals surface area (Å²) in [5, 5.41) is 2.81. The number of nitrogen functional groups attached to an aromatic ring is 1. The highest BCUT2D eigenvalue weighted by Gasteiger charge is 2.05. The normalized spacial score (nSPS) is 9.94. The summed E-state index contributed by atoms with van der Waals surface area (Å²) in [6, 6.07) is 0.168. The van der Waals surface area contributed by atoms with Gasteiger partial charge in [-0.3, -0.25) is 4.79 Å². The highest BCUT2D eigenvalue weighted by molar-refractivity contribution is 5.74. The lowest BCUT2D eigenvalue weighted by atomic mass is 10.4. The molecule has 94 valence electrons. The van der Waals surface area contributed by atoms with E-state index < -0.39 is 5.91 Å². The van der Waals surface area contributed by atoms with Crippen LogP contribution in [-0.4, -0.2) is 34.0 Å². The highest BCUT2D eigenvalue weighted by Crippen LogP contribution is 2.08. The third-order valence-corrected chi connectivity index (χ3v) is 1.72. The van der Waals surface area contributed by atoms with Gasteiger partial charge in [0.15, 0.2) is 0 Å². The van der Waals surface area contributed by atoms with E-state index in [1.807, 2.05) is 6.92 Å². The molecule has 8 heteroatoms. The van der Waals surface area contributed by atoms with Crippen LogP contribution in [0.15, 0.2) is 0 Å². The van der Waals surface area contributed by atoms with Gasteiger partial charge in [-0.05, 0) is 6.42 Å². The molecular formula is C9H16N6O2. The van der Waals surface area contributed by atoms with E-state index in [4.69, 9.17) is 16.2 Å². The van der Waals surface area contributed by atoms with Gasteiger partial charge in [0.2, 0.25) is 17.8 Å². The molecular weight excluding hydrogens is 224 g/mol. The van der Waals surface area contributed by atoms with Crippen LogP contribution in [0.1, 0.15) is 19.8 Å².